The monoisotopic (exact) mass is 322 g/mol. The van der Waals surface area contributed by atoms with E-state index in [0.29, 0.717) is 17.1 Å². The first-order valence-electron chi connectivity index (χ1n) is 6.87. The number of carboxylic acid groups (broad SMARTS) is 1. The normalized spacial score (nSPS) is 10.9. The van der Waals surface area contributed by atoms with Gasteiger partial charge >= 0.3 is 6.09 Å². The van der Waals surface area contributed by atoms with Crippen LogP contribution in [-0.2, 0) is 11.2 Å². The van der Waals surface area contributed by atoms with Crippen molar-refractivity contribution in [2.45, 2.75) is 45.6 Å². The van der Waals surface area contributed by atoms with Crippen molar-refractivity contribution in [1.29, 1.82) is 5.26 Å². The molecule has 5 nitrogen and oxygen atoms in total. The molecule has 1 amide bonds. The smallest absolute Gasteiger partial charge is 0.412 e. The van der Waals surface area contributed by atoms with Crippen molar-refractivity contribution in [3.63, 3.8) is 0 Å². The van der Waals surface area contributed by atoms with Gasteiger partial charge in [-0.25, -0.2) is 4.79 Å². The third-order valence-corrected chi connectivity index (χ3v) is 3.40. The van der Waals surface area contributed by atoms with Gasteiger partial charge in [-0.05, 0) is 44.9 Å². The summed E-state index contributed by atoms with van der Waals surface area (Å²) in [4.78, 5) is 24.2. The molecule has 6 heteroatoms. The quantitative estimate of drug-likeness (QED) is 0.887. The number of carbonyl (C=O) groups excluding carboxylic acids is 1. The van der Waals surface area contributed by atoms with Crippen LogP contribution in [0.1, 0.15) is 39.2 Å². The Morgan fingerprint density at radius 1 is 1.36 bits per heavy atom. The molecule has 0 saturated carbocycles. The van der Waals surface area contributed by atoms with Crippen molar-refractivity contribution in [1.82, 2.24) is 0 Å². The summed E-state index contributed by atoms with van der Waals surface area (Å²) in [5, 5.41) is 18.3. The van der Waals surface area contributed by atoms with Crippen LogP contribution in [0, 0.1) is 11.3 Å². The minimum atomic E-state index is -1.09. The maximum Gasteiger partial charge on any atom is 0.412 e. The molecule has 1 aromatic rings. The van der Waals surface area contributed by atoms with Crippen molar-refractivity contribution in [2.75, 3.05) is 4.90 Å². The number of amides is 1. The molecule has 0 radical (unpaired) electrons. The maximum atomic E-state index is 11.5. The molecule has 0 aliphatic heterocycles. The highest BCUT2D eigenvalue weighted by molar-refractivity contribution is 6.33. The summed E-state index contributed by atoms with van der Waals surface area (Å²) in [7, 11) is 0. The van der Waals surface area contributed by atoms with Crippen molar-refractivity contribution >= 4 is 29.2 Å². The van der Waals surface area contributed by atoms with Crippen LogP contribution in [0.25, 0.3) is 0 Å². The van der Waals surface area contributed by atoms with Gasteiger partial charge in [0.25, 0.3) is 0 Å². The van der Waals surface area contributed by atoms with Gasteiger partial charge in [0.1, 0.15) is 5.78 Å². The van der Waals surface area contributed by atoms with E-state index in [-0.39, 0.29) is 18.6 Å². The SMILES string of the molecule is CC(C)(C)N(C(=O)O)c1cc(CCC(=O)CC#N)ccc1Cl. The molecule has 1 N–H and O–H groups in total. The number of carbonyl (C=O) groups is 2. The van der Waals surface area contributed by atoms with E-state index in [9.17, 15) is 14.7 Å². The van der Waals surface area contributed by atoms with Gasteiger partial charge in [-0.2, -0.15) is 5.26 Å². The molecule has 0 fully saturated rings. The molecule has 0 saturated heterocycles. The molecule has 0 unspecified atom stereocenters. The number of nitriles is 1. The lowest BCUT2D eigenvalue weighted by Crippen LogP contribution is -2.45. The van der Waals surface area contributed by atoms with Gasteiger partial charge in [-0.15, -0.1) is 0 Å². The first-order valence-corrected chi connectivity index (χ1v) is 7.25. The second-order valence-electron chi connectivity index (χ2n) is 5.95. The average molecular weight is 323 g/mol. The molecule has 0 aromatic heterocycles. The lowest BCUT2D eigenvalue weighted by molar-refractivity contribution is -0.118. The lowest BCUT2D eigenvalue weighted by Gasteiger charge is -2.34. The fourth-order valence-corrected chi connectivity index (χ4v) is 2.30. The Bertz CT molecular complexity index is 615. The summed E-state index contributed by atoms with van der Waals surface area (Å²) in [6, 6.07) is 6.89. The molecule has 0 aliphatic carbocycles. The van der Waals surface area contributed by atoms with Gasteiger partial charge in [0.15, 0.2) is 0 Å². The van der Waals surface area contributed by atoms with Crippen LogP contribution >= 0.6 is 11.6 Å². The van der Waals surface area contributed by atoms with E-state index in [0.717, 1.165) is 5.56 Å². The lowest BCUT2D eigenvalue weighted by atomic mass is 10.0. The minimum Gasteiger partial charge on any atom is -0.465 e. The van der Waals surface area contributed by atoms with E-state index in [1.807, 2.05) is 6.07 Å². The third kappa shape index (κ3) is 4.74. The molecule has 0 aliphatic rings. The Morgan fingerprint density at radius 3 is 2.50 bits per heavy atom. The maximum absolute atomic E-state index is 11.5. The highest BCUT2D eigenvalue weighted by atomic mass is 35.5. The second-order valence-corrected chi connectivity index (χ2v) is 6.36. The molecular formula is C16H19ClN2O3. The number of hydrogen-bond donors (Lipinski definition) is 1. The van der Waals surface area contributed by atoms with Crippen molar-refractivity contribution in [3.05, 3.63) is 28.8 Å². The number of halogens is 1. The largest absolute Gasteiger partial charge is 0.465 e. The first kappa shape index (κ1) is 18.0. The summed E-state index contributed by atoms with van der Waals surface area (Å²) in [5.74, 6) is -0.134. The summed E-state index contributed by atoms with van der Waals surface area (Å²) in [6.45, 7) is 5.34. The Balaban J connectivity index is 3.06. The summed E-state index contributed by atoms with van der Waals surface area (Å²) < 4.78 is 0. The predicted octanol–water partition coefficient (Wildman–Crippen LogP) is 4.04. The van der Waals surface area contributed by atoms with Crippen molar-refractivity contribution < 1.29 is 14.7 Å². The zero-order chi connectivity index (χ0) is 16.9. The highest BCUT2D eigenvalue weighted by Crippen LogP contribution is 2.32. The van der Waals surface area contributed by atoms with Crippen LogP contribution in [-0.4, -0.2) is 22.5 Å². The van der Waals surface area contributed by atoms with Crippen LogP contribution in [0.15, 0.2) is 18.2 Å². The van der Waals surface area contributed by atoms with E-state index in [1.165, 1.54) is 4.90 Å². The number of benzene rings is 1. The number of Topliss-reactive ketones (excluding diaryl/α,β-unsaturated/α-hetero) is 1. The average Bonchev–Trinajstić information content (AvgIpc) is 2.38. The number of aryl methyl sites for hydroxylation is 1. The van der Waals surface area contributed by atoms with Crippen LogP contribution in [0.3, 0.4) is 0 Å². The topological polar surface area (TPSA) is 81.4 Å². The van der Waals surface area contributed by atoms with Gasteiger partial charge in [0.05, 0.1) is 23.2 Å². The van der Waals surface area contributed by atoms with E-state index in [2.05, 4.69) is 0 Å². The van der Waals surface area contributed by atoms with E-state index >= 15 is 0 Å². The predicted molar refractivity (Wildman–Crippen MR) is 85.3 cm³/mol. The number of anilines is 1. The zero-order valence-corrected chi connectivity index (χ0v) is 13.6. The van der Waals surface area contributed by atoms with Gasteiger partial charge in [-0.1, -0.05) is 17.7 Å². The highest BCUT2D eigenvalue weighted by Gasteiger charge is 2.29. The van der Waals surface area contributed by atoms with Crippen molar-refractivity contribution in [3.8, 4) is 6.07 Å². The Hall–Kier alpha value is -2.06. The summed E-state index contributed by atoms with van der Waals surface area (Å²) in [6.07, 6.45) is -0.504. The van der Waals surface area contributed by atoms with Gasteiger partial charge < -0.3 is 5.11 Å². The van der Waals surface area contributed by atoms with Gasteiger partial charge in [0, 0.05) is 12.0 Å². The number of ketones is 1. The number of nitrogens with zero attached hydrogens (tertiary/aromatic N) is 2. The zero-order valence-electron chi connectivity index (χ0n) is 12.9. The molecule has 0 atom stereocenters. The minimum absolute atomic E-state index is 0.107. The summed E-state index contributed by atoms with van der Waals surface area (Å²) in [5.41, 5.74) is 0.554. The standard InChI is InChI=1S/C16H19ClN2O3/c1-16(2,3)19(15(21)22)14-10-11(5-7-13(14)17)4-6-12(20)8-9-18/h5,7,10H,4,6,8H2,1-3H3,(H,21,22). The van der Waals surface area contributed by atoms with E-state index < -0.39 is 11.6 Å². The Labute approximate surface area is 135 Å². The molecule has 0 heterocycles. The number of rotatable bonds is 5. The Kier molecular flexibility index (Phi) is 5.95. The Morgan fingerprint density at radius 2 is 2.00 bits per heavy atom. The van der Waals surface area contributed by atoms with Crippen LogP contribution in [0.4, 0.5) is 10.5 Å². The second kappa shape index (κ2) is 7.28. The van der Waals surface area contributed by atoms with Gasteiger partial charge in [-0.3, -0.25) is 9.69 Å². The summed E-state index contributed by atoms with van der Waals surface area (Å²) >= 11 is 6.14. The molecule has 1 aromatic carbocycles. The van der Waals surface area contributed by atoms with Gasteiger partial charge in [0.2, 0.25) is 0 Å². The molecule has 0 bridgehead atoms. The molecule has 118 valence electrons. The van der Waals surface area contributed by atoms with E-state index in [1.54, 1.807) is 39.0 Å². The third-order valence-electron chi connectivity index (χ3n) is 3.08. The molecular weight excluding hydrogens is 304 g/mol. The van der Waals surface area contributed by atoms with Crippen LogP contribution in [0.2, 0.25) is 5.02 Å². The van der Waals surface area contributed by atoms with Crippen LogP contribution in [0.5, 0.6) is 0 Å². The fraction of sp³-hybridized carbons (Fsp3) is 0.438. The van der Waals surface area contributed by atoms with E-state index in [4.69, 9.17) is 16.9 Å². The molecule has 22 heavy (non-hydrogen) atoms. The molecule has 0 spiro atoms. The fourth-order valence-electron chi connectivity index (χ4n) is 2.10. The molecule has 1 rings (SSSR count). The van der Waals surface area contributed by atoms with Crippen molar-refractivity contribution in [2.24, 2.45) is 0 Å². The number of hydrogen-bond acceptors (Lipinski definition) is 3. The first-order chi connectivity index (χ1) is 10.2. The van der Waals surface area contributed by atoms with Crippen LogP contribution < -0.4 is 4.90 Å².